The number of benzene rings is 1. The van der Waals surface area contributed by atoms with E-state index in [1.807, 2.05) is 0 Å². The second kappa shape index (κ2) is 4.13. The lowest BCUT2D eigenvalue weighted by Crippen LogP contribution is -2.34. The van der Waals surface area contributed by atoms with Crippen LogP contribution in [-0.2, 0) is 11.0 Å². The van der Waals surface area contributed by atoms with Gasteiger partial charge in [-0.3, -0.25) is 4.79 Å². The van der Waals surface area contributed by atoms with Crippen LogP contribution < -0.4 is 0 Å². The van der Waals surface area contributed by atoms with Gasteiger partial charge in [0.15, 0.2) is 5.41 Å². The van der Waals surface area contributed by atoms with Crippen molar-refractivity contribution in [1.29, 1.82) is 0 Å². The van der Waals surface area contributed by atoms with Gasteiger partial charge in [0.1, 0.15) is 0 Å². The van der Waals surface area contributed by atoms with E-state index < -0.39 is 41.6 Å². The van der Waals surface area contributed by atoms with Crippen LogP contribution in [0.5, 0.6) is 0 Å². The first-order chi connectivity index (χ1) is 9.00. The predicted octanol–water partition coefficient (Wildman–Crippen LogP) is 3.83. The number of carboxylic acid groups (broad SMARTS) is 1. The number of hydrogen-bond donors (Lipinski definition) is 1. The van der Waals surface area contributed by atoms with Crippen molar-refractivity contribution in [3.8, 4) is 0 Å². The molecule has 2 rings (SSSR count). The summed E-state index contributed by atoms with van der Waals surface area (Å²) in [7, 11) is 0. The maximum atomic E-state index is 12.8. The van der Waals surface area contributed by atoms with Crippen molar-refractivity contribution in [1.82, 2.24) is 0 Å². The molecule has 1 fully saturated rings. The van der Waals surface area contributed by atoms with Gasteiger partial charge < -0.3 is 5.11 Å². The number of halogens is 6. The highest BCUT2D eigenvalue weighted by molar-refractivity contribution is 5.81. The average Bonchev–Trinajstić information content (AvgIpc) is 3.03. The molecule has 0 saturated heterocycles. The van der Waals surface area contributed by atoms with Crippen LogP contribution in [0.25, 0.3) is 0 Å². The average molecular weight is 298 g/mol. The first-order valence-electron chi connectivity index (χ1n) is 5.47. The number of alkyl halides is 6. The maximum absolute atomic E-state index is 12.8. The Bertz CT molecular complexity index is 530. The van der Waals surface area contributed by atoms with Gasteiger partial charge in [0.2, 0.25) is 0 Å². The molecule has 0 heterocycles. The van der Waals surface area contributed by atoms with Gasteiger partial charge in [0.05, 0.1) is 5.56 Å². The number of aliphatic carboxylic acids is 1. The normalized spacial score (nSPS) is 26.4. The minimum atomic E-state index is -4.94. The lowest BCUT2D eigenvalue weighted by Gasteiger charge is -2.16. The fraction of sp³-hybridized carbons (Fsp3) is 0.417. The molecule has 110 valence electrons. The second-order valence-corrected chi connectivity index (χ2v) is 4.65. The van der Waals surface area contributed by atoms with E-state index in [1.54, 1.807) is 0 Å². The molecule has 1 saturated carbocycles. The molecular weight excluding hydrogens is 290 g/mol. The zero-order chi connectivity index (χ0) is 15.3. The molecule has 0 spiro atoms. The minimum Gasteiger partial charge on any atom is -0.481 e. The van der Waals surface area contributed by atoms with Gasteiger partial charge in [-0.05, 0) is 24.1 Å². The van der Waals surface area contributed by atoms with Gasteiger partial charge in [-0.15, -0.1) is 0 Å². The molecule has 1 aliphatic carbocycles. The Morgan fingerprint density at radius 1 is 1.10 bits per heavy atom. The fourth-order valence-electron chi connectivity index (χ4n) is 2.24. The number of hydrogen-bond acceptors (Lipinski definition) is 1. The lowest BCUT2D eigenvalue weighted by atomic mass is 9.97. The quantitative estimate of drug-likeness (QED) is 0.843. The van der Waals surface area contributed by atoms with E-state index >= 15 is 0 Å². The SMILES string of the molecule is O=C(O)C1(C(F)(F)F)CC1c1ccc(C(F)(F)F)cc1. The highest BCUT2D eigenvalue weighted by Gasteiger charge is 2.76. The molecule has 0 aromatic heterocycles. The summed E-state index contributed by atoms with van der Waals surface area (Å²) in [6, 6.07) is 3.08. The third kappa shape index (κ3) is 2.12. The highest BCUT2D eigenvalue weighted by atomic mass is 19.4. The van der Waals surface area contributed by atoms with Crippen LogP contribution in [0.2, 0.25) is 0 Å². The van der Waals surface area contributed by atoms with Crippen LogP contribution in [0.4, 0.5) is 26.3 Å². The summed E-state index contributed by atoms with van der Waals surface area (Å²) < 4.78 is 75.4. The summed E-state index contributed by atoms with van der Waals surface area (Å²) >= 11 is 0. The topological polar surface area (TPSA) is 37.3 Å². The third-order valence-corrected chi connectivity index (χ3v) is 3.49. The molecule has 2 nitrogen and oxygen atoms in total. The van der Waals surface area contributed by atoms with E-state index in [4.69, 9.17) is 5.11 Å². The van der Waals surface area contributed by atoms with Crippen molar-refractivity contribution in [2.45, 2.75) is 24.7 Å². The Hall–Kier alpha value is -1.73. The van der Waals surface area contributed by atoms with Crippen LogP contribution in [0.1, 0.15) is 23.5 Å². The van der Waals surface area contributed by atoms with Gasteiger partial charge in [-0.2, -0.15) is 26.3 Å². The Morgan fingerprint density at radius 3 is 1.90 bits per heavy atom. The van der Waals surface area contributed by atoms with Gasteiger partial charge in [0, 0.05) is 5.92 Å². The van der Waals surface area contributed by atoms with Crippen molar-refractivity contribution >= 4 is 5.97 Å². The minimum absolute atomic E-state index is 0.0577. The van der Waals surface area contributed by atoms with Crippen molar-refractivity contribution in [3.63, 3.8) is 0 Å². The first kappa shape index (κ1) is 14.7. The molecule has 2 unspecified atom stereocenters. The van der Waals surface area contributed by atoms with Crippen LogP contribution in [0.3, 0.4) is 0 Å². The molecule has 1 aliphatic rings. The summed E-state index contributed by atoms with van der Waals surface area (Å²) in [6.45, 7) is 0. The Labute approximate surface area is 109 Å². The van der Waals surface area contributed by atoms with Gasteiger partial charge in [-0.1, -0.05) is 12.1 Å². The van der Waals surface area contributed by atoms with Crippen molar-refractivity contribution in [3.05, 3.63) is 35.4 Å². The molecule has 0 amide bonds. The Balaban J connectivity index is 2.30. The van der Waals surface area contributed by atoms with Crippen molar-refractivity contribution in [2.75, 3.05) is 0 Å². The monoisotopic (exact) mass is 298 g/mol. The lowest BCUT2D eigenvalue weighted by molar-refractivity contribution is -0.204. The summed E-state index contributed by atoms with van der Waals surface area (Å²) in [5, 5.41) is 8.75. The van der Waals surface area contributed by atoms with E-state index in [2.05, 4.69) is 0 Å². The molecule has 1 N–H and O–H groups in total. The Kier molecular flexibility index (Phi) is 3.03. The zero-order valence-corrected chi connectivity index (χ0v) is 9.72. The first-order valence-corrected chi connectivity index (χ1v) is 5.47. The smallest absolute Gasteiger partial charge is 0.416 e. The van der Waals surface area contributed by atoms with Crippen LogP contribution in [0, 0.1) is 5.41 Å². The largest absolute Gasteiger partial charge is 0.481 e. The van der Waals surface area contributed by atoms with Crippen molar-refractivity contribution in [2.24, 2.45) is 5.41 Å². The molecule has 0 bridgehead atoms. The van der Waals surface area contributed by atoms with E-state index in [1.165, 1.54) is 0 Å². The van der Waals surface area contributed by atoms with E-state index in [9.17, 15) is 31.1 Å². The molecule has 1 aromatic carbocycles. The van der Waals surface area contributed by atoms with Crippen LogP contribution >= 0.6 is 0 Å². The number of rotatable bonds is 2. The third-order valence-electron chi connectivity index (χ3n) is 3.49. The Morgan fingerprint density at radius 2 is 1.60 bits per heavy atom. The molecular formula is C12H8F6O2. The van der Waals surface area contributed by atoms with Gasteiger partial charge in [-0.25, -0.2) is 0 Å². The van der Waals surface area contributed by atoms with Crippen LogP contribution in [-0.4, -0.2) is 17.3 Å². The zero-order valence-electron chi connectivity index (χ0n) is 9.72. The van der Waals surface area contributed by atoms with Crippen molar-refractivity contribution < 1.29 is 36.2 Å². The molecule has 20 heavy (non-hydrogen) atoms. The fourth-order valence-corrected chi connectivity index (χ4v) is 2.24. The van der Waals surface area contributed by atoms with Gasteiger partial charge in [0.25, 0.3) is 0 Å². The van der Waals surface area contributed by atoms with E-state index in [0.29, 0.717) is 12.1 Å². The maximum Gasteiger partial charge on any atom is 0.416 e. The molecule has 8 heteroatoms. The molecule has 2 atom stereocenters. The standard InChI is InChI=1S/C12H8F6O2/c13-11(14,15)7-3-1-6(2-4-7)8-5-10(8,9(19)20)12(16,17)18/h1-4,8H,5H2,(H,19,20). The number of carboxylic acids is 1. The summed E-state index contributed by atoms with van der Waals surface area (Å²) in [6.07, 6.45) is -10.2. The van der Waals surface area contributed by atoms with E-state index in [-0.39, 0.29) is 5.56 Å². The number of carbonyl (C=O) groups is 1. The summed E-state index contributed by atoms with van der Waals surface area (Å²) in [4.78, 5) is 10.8. The van der Waals surface area contributed by atoms with E-state index in [0.717, 1.165) is 12.1 Å². The highest BCUT2D eigenvalue weighted by Crippen LogP contribution is 2.67. The molecule has 1 aromatic rings. The molecule has 0 radical (unpaired) electrons. The predicted molar refractivity (Wildman–Crippen MR) is 54.9 cm³/mol. The summed E-state index contributed by atoms with van der Waals surface area (Å²) in [5.74, 6) is -3.35. The van der Waals surface area contributed by atoms with Gasteiger partial charge >= 0.3 is 18.3 Å². The second-order valence-electron chi connectivity index (χ2n) is 4.65. The van der Waals surface area contributed by atoms with Crippen LogP contribution in [0.15, 0.2) is 24.3 Å². The summed E-state index contributed by atoms with van der Waals surface area (Å²) in [5.41, 5.74) is -3.93. The molecule has 0 aliphatic heterocycles.